The molecule has 1 aliphatic rings. The second-order valence-corrected chi connectivity index (χ2v) is 8.42. The number of fused-ring (bicyclic) bond motifs is 1. The van der Waals surface area contributed by atoms with E-state index in [2.05, 4.69) is 41.9 Å². The molecule has 4 rings (SSSR count). The maximum Gasteiger partial charge on any atom is 0.343 e. The number of aryl methyl sites for hydroxylation is 2. The van der Waals surface area contributed by atoms with E-state index in [4.69, 9.17) is 9.47 Å². The van der Waals surface area contributed by atoms with Gasteiger partial charge >= 0.3 is 5.97 Å². The van der Waals surface area contributed by atoms with E-state index >= 15 is 0 Å². The van der Waals surface area contributed by atoms with Crippen LogP contribution in [0.5, 0.6) is 5.75 Å². The van der Waals surface area contributed by atoms with Crippen molar-refractivity contribution in [3.63, 3.8) is 0 Å². The Labute approximate surface area is 193 Å². The van der Waals surface area contributed by atoms with Gasteiger partial charge in [0.1, 0.15) is 17.9 Å². The second-order valence-electron chi connectivity index (χ2n) is 8.42. The van der Waals surface area contributed by atoms with Crippen LogP contribution in [-0.2, 0) is 30.9 Å². The molecular weight excluding hydrogens is 418 g/mol. The van der Waals surface area contributed by atoms with Gasteiger partial charge < -0.3 is 14.0 Å². The van der Waals surface area contributed by atoms with Crippen molar-refractivity contribution >= 4 is 5.97 Å². The summed E-state index contributed by atoms with van der Waals surface area (Å²) in [6, 6.07) is 11.6. The Morgan fingerprint density at radius 2 is 1.97 bits per heavy atom. The van der Waals surface area contributed by atoms with Gasteiger partial charge in [0, 0.05) is 62.3 Å². The lowest BCUT2D eigenvalue weighted by molar-refractivity contribution is 0.0592. The van der Waals surface area contributed by atoms with Gasteiger partial charge in [0.25, 0.3) is 5.56 Å². The number of pyridine rings is 2. The first-order valence-corrected chi connectivity index (χ1v) is 11.1. The van der Waals surface area contributed by atoms with Gasteiger partial charge in [0.2, 0.25) is 0 Å². The van der Waals surface area contributed by atoms with Gasteiger partial charge in [-0.25, -0.2) is 4.79 Å². The van der Waals surface area contributed by atoms with E-state index < -0.39 is 5.97 Å². The molecule has 3 aromatic rings. The van der Waals surface area contributed by atoms with Crippen LogP contribution < -0.4 is 10.3 Å². The smallest absolute Gasteiger partial charge is 0.343 e. The van der Waals surface area contributed by atoms with Gasteiger partial charge in [-0.15, -0.1) is 0 Å². The van der Waals surface area contributed by atoms with Crippen molar-refractivity contribution in [2.45, 2.75) is 40.0 Å². The summed E-state index contributed by atoms with van der Waals surface area (Å²) in [4.78, 5) is 32.1. The number of nitrogens with zero attached hydrogens (tertiary/aromatic N) is 3. The molecule has 172 valence electrons. The van der Waals surface area contributed by atoms with Crippen LogP contribution in [0.2, 0.25) is 0 Å². The second kappa shape index (κ2) is 10.0. The number of aromatic nitrogens is 2. The molecule has 1 aliphatic heterocycles. The van der Waals surface area contributed by atoms with E-state index in [0.29, 0.717) is 24.2 Å². The van der Waals surface area contributed by atoms with Crippen molar-refractivity contribution in [2.24, 2.45) is 0 Å². The average molecular weight is 448 g/mol. The van der Waals surface area contributed by atoms with E-state index in [1.165, 1.54) is 29.9 Å². The minimum absolute atomic E-state index is 0.174. The van der Waals surface area contributed by atoms with Crippen LogP contribution in [-0.4, -0.2) is 40.6 Å². The molecule has 7 nitrogen and oxygen atoms in total. The summed E-state index contributed by atoms with van der Waals surface area (Å²) in [6.45, 7) is 7.17. The third-order valence-electron chi connectivity index (χ3n) is 6.09. The third kappa shape index (κ3) is 5.14. The Hall–Kier alpha value is -3.45. The fourth-order valence-corrected chi connectivity index (χ4v) is 4.24. The monoisotopic (exact) mass is 447 g/mol. The van der Waals surface area contributed by atoms with Crippen molar-refractivity contribution < 1.29 is 14.3 Å². The largest absolute Gasteiger partial charge is 0.488 e. The number of carbonyl (C=O) groups is 1. The van der Waals surface area contributed by atoms with Crippen LogP contribution in [0.1, 0.15) is 38.3 Å². The van der Waals surface area contributed by atoms with Gasteiger partial charge in [0.05, 0.1) is 7.11 Å². The Kier molecular flexibility index (Phi) is 6.89. The molecule has 0 N–H and O–H groups in total. The Balaban J connectivity index is 1.61. The molecule has 0 saturated heterocycles. The summed E-state index contributed by atoms with van der Waals surface area (Å²) in [7, 11) is 1.35. The molecule has 0 saturated carbocycles. The summed E-state index contributed by atoms with van der Waals surface area (Å²) in [5, 5.41) is 0. The molecular formula is C26H29N3O4. The van der Waals surface area contributed by atoms with Crippen LogP contribution in [0.15, 0.2) is 53.6 Å². The lowest BCUT2D eigenvalue weighted by Gasteiger charge is -2.21. The van der Waals surface area contributed by atoms with Gasteiger partial charge in [-0.3, -0.25) is 14.7 Å². The minimum atomic E-state index is -0.497. The van der Waals surface area contributed by atoms with Crippen molar-refractivity contribution in [1.82, 2.24) is 14.5 Å². The number of hydrogen-bond acceptors (Lipinski definition) is 6. The van der Waals surface area contributed by atoms with Crippen LogP contribution in [0.3, 0.4) is 0 Å². The molecule has 0 radical (unpaired) electrons. The molecule has 2 aromatic heterocycles. The fraction of sp³-hybridized carbons (Fsp3) is 0.346. The zero-order valence-corrected chi connectivity index (χ0v) is 19.3. The highest BCUT2D eigenvalue weighted by Crippen LogP contribution is 2.25. The Bertz CT molecular complexity index is 1200. The lowest BCUT2D eigenvalue weighted by atomic mass is 10.0. The first-order chi connectivity index (χ1) is 16.0. The van der Waals surface area contributed by atoms with Gasteiger partial charge in [0.15, 0.2) is 0 Å². The standard InChI is InChI=1S/C26H29N3O4/c1-18-6-7-19(2)21(13-18)16-28-10-8-22-25(26(31)32-3)23(14-24(30)29(22)12-11-28)33-17-20-5-4-9-27-15-20/h4-7,9,13-15H,8,10-12,16-17H2,1-3H3. The molecule has 3 heterocycles. The van der Waals surface area contributed by atoms with E-state index in [1.807, 2.05) is 12.1 Å². The van der Waals surface area contributed by atoms with Crippen LogP contribution in [0.4, 0.5) is 0 Å². The average Bonchev–Trinajstić information content (AvgIpc) is 3.03. The third-order valence-corrected chi connectivity index (χ3v) is 6.09. The van der Waals surface area contributed by atoms with E-state index in [1.54, 1.807) is 17.0 Å². The quantitative estimate of drug-likeness (QED) is 0.540. The number of ether oxygens (including phenoxy) is 2. The maximum atomic E-state index is 13.0. The number of hydrogen-bond donors (Lipinski definition) is 0. The molecule has 0 aliphatic carbocycles. The highest BCUT2D eigenvalue weighted by Gasteiger charge is 2.26. The minimum Gasteiger partial charge on any atom is -0.488 e. The molecule has 0 atom stereocenters. The predicted molar refractivity (Wildman–Crippen MR) is 126 cm³/mol. The fourth-order valence-electron chi connectivity index (χ4n) is 4.24. The van der Waals surface area contributed by atoms with Crippen LogP contribution in [0, 0.1) is 13.8 Å². The highest BCUT2D eigenvalue weighted by molar-refractivity contribution is 5.93. The van der Waals surface area contributed by atoms with Gasteiger partial charge in [-0.2, -0.15) is 0 Å². The van der Waals surface area contributed by atoms with Crippen molar-refractivity contribution in [2.75, 3.05) is 20.2 Å². The Morgan fingerprint density at radius 1 is 1.12 bits per heavy atom. The summed E-state index contributed by atoms with van der Waals surface area (Å²) < 4.78 is 12.7. The molecule has 0 fully saturated rings. The maximum absolute atomic E-state index is 13.0. The number of benzene rings is 1. The topological polar surface area (TPSA) is 73.7 Å². The normalized spacial score (nSPS) is 13.8. The first kappa shape index (κ1) is 22.7. The number of carbonyl (C=O) groups excluding carboxylic acids is 1. The van der Waals surface area contributed by atoms with Crippen molar-refractivity contribution in [3.8, 4) is 5.75 Å². The predicted octanol–water partition coefficient (Wildman–Crippen LogP) is 3.28. The molecule has 1 aromatic carbocycles. The number of esters is 1. The molecule has 0 bridgehead atoms. The van der Waals surface area contributed by atoms with Crippen LogP contribution in [0.25, 0.3) is 0 Å². The summed E-state index contributed by atoms with van der Waals surface area (Å²) in [6.07, 6.45) is 3.93. The zero-order chi connectivity index (χ0) is 23.4. The van der Waals surface area contributed by atoms with Crippen LogP contribution >= 0.6 is 0 Å². The van der Waals surface area contributed by atoms with E-state index in [-0.39, 0.29) is 17.9 Å². The van der Waals surface area contributed by atoms with Gasteiger partial charge in [-0.1, -0.05) is 29.8 Å². The SMILES string of the molecule is COC(=O)c1c(OCc2cccnc2)cc(=O)n2c1CCN(Cc1cc(C)ccc1C)CC2. The van der Waals surface area contributed by atoms with E-state index in [9.17, 15) is 9.59 Å². The van der Waals surface area contributed by atoms with Crippen molar-refractivity contribution in [1.29, 1.82) is 0 Å². The van der Waals surface area contributed by atoms with Crippen molar-refractivity contribution in [3.05, 3.63) is 92.7 Å². The molecule has 0 amide bonds. The lowest BCUT2D eigenvalue weighted by Crippen LogP contribution is -2.29. The molecule has 0 spiro atoms. The highest BCUT2D eigenvalue weighted by atomic mass is 16.5. The molecule has 0 unspecified atom stereocenters. The summed E-state index contributed by atoms with van der Waals surface area (Å²) in [5.41, 5.74) is 5.43. The van der Waals surface area contributed by atoms with Gasteiger partial charge in [-0.05, 0) is 31.0 Å². The first-order valence-electron chi connectivity index (χ1n) is 11.1. The van der Waals surface area contributed by atoms with E-state index in [0.717, 1.165) is 25.2 Å². The zero-order valence-electron chi connectivity index (χ0n) is 19.3. The molecule has 7 heteroatoms. The number of methoxy groups -OCH3 is 1. The summed E-state index contributed by atoms with van der Waals surface area (Å²) >= 11 is 0. The number of rotatable bonds is 6. The Morgan fingerprint density at radius 3 is 2.73 bits per heavy atom. The molecule has 33 heavy (non-hydrogen) atoms. The summed E-state index contributed by atoms with van der Waals surface area (Å²) in [5.74, 6) is -0.243.